The van der Waals surface area contributed by atoms with Gasteiger partial charge >= 0.3 is 11.9 Å². The predicted molar refractivity (Wildman–Crippen MR) is 93.1 cm³/mol. The lowest BCUT2D eigenvalue weighted by Crippen LogP contribution is -2.39. The maximum atomic E-state index is 9.93. The number of aliphatic hydroxyl groups is 3. The van der Waals surface area contributed by atoms with E-state index in [1.165, 1.54) is 12.1 Å². The van der Waals surface area contributed by atoms with Gasteiger partial charge in [0.15, 0.2) is 12.2 Å². The summed E-state index contributed by atoms with van der Waals surface area (Å²) in [6.45, 7) is 6.50. The van der Waals surface area contributed by atoms with E-state index in [4.69, 9.17) is 32.0 Å². The number of aromatic hydroxyl groups is 1. The first-order valence-electron chi connectivity index (χ1n) is 7.49. The van der Waals surface area contributed by atoms with Crippen molar-refractivity contribution < 1.29 is 40.2 Å². The Kier molecular flexibility index (Phi) is 9.53. The van der Waals surface area contributed by atoms with Crippen LogP contribution in [0.5, 0.6) is 5.75 Å². The number of hydrogen-bond acceptors (Lipinski definition) is 7. The summed E-state index contributed by atoms with van der Waals surface area (Å²) in [4.78, 5) is 19.5. The molecule has 0 amide bonds. The van der Waals surface area contributed by atoms with E-state index >= 15 is 0 Å². The summed E-state index contributed by atoms with van der Waals surface area (Å²) in [5.74, 6) is -3.44. The number of nitrogens with one attached hydrogen (secondary N) is 1. The molecule has 0 saturated heterocycles. The number of phenolic OH excluding ortho intramolecular Hbond substituents is 1. The fourth-order valence-corrected chi connectivity index (χ4v) is 1.87. The summed E-state index contributed by atoms with van der Waals surface area (Å²) in [5, 5.41) is 55.2. The molecule has 2 unspecified atom stereocenters. The van der Waals surface area contributed by atoms with Crippen molar-refractivity contribution in [2.45, 2.75) is 44.6 Å². The molecular formula is C16H24ClNO8. The molecule has 0 spiro atoms. The topological polar surface area (TPSA) is 168 Å². The van der Waals surface area contributed by atoms with Gasteiger partial charge in [-0.25, -0.2) is 9.59 Å². The molecule has 0 saturated carbocycles. The lowest BCUT2D eigenvalue weighted by molar-refractivity contribution is -0.165. The van der Waals surface area contributed by atoms with Crippen LogP contribution in [-0.2, 0) is 9.59 Å². The molecule has 0 heterocycles. The van der Waals surface area contributed by atoms with Gasteiger partial charge in [-0.15, -0.1) is 0 Å². The molecule has 1 aromatic carbocycles. The van der Waals surface area contributed by atoms with Gasteiger partial charge in [0.1, 0.15) is 5.75 Å². The number of aliphatic hydroxyl groups excluding tert-OH is 3. The van der Waals surface area contributed by atoms with Crippen molar-refractivity contribution in [2.75, 3.05) is 6.54 Å². The van der Waals surface area contributed by atoms with E-state index in [-0.39, 0.29) is 11.3 Å². The molecule has 26 heavy (non-hydrogen) atoms. The average molecular weight is 394 g/mol. The highest BCUT2D eigenvalue weighted by molar-refractivity contribution is 6.31. The van der Waals surface area contributed by atoms with E-state index in [1.807, 2.05) is 20.8 Å². The van der Waals surface area contributed by atoms with Crippen LogP contribution in [0.2, 0.25) is 5.02 Å². The van der Waals surface area contributed by atoms with Gasteiger partial charge in [-0.2, -0.15) is 0 Å². The Morgan fingerprint density at radius 3 is 1.88 bits per heavy atom. The third-order valence-electron chi connectivity index (χ3n) is 2.97. The van der Waals surface area contributed by atoms with Crippen molar-refractivity contribution >= 4 is 23.5 Å². The summed E-state index contributed by atoms with van der Waals surface area (Å²) in [5.41, 5.74) is 0.570. The number of carboxylic acid groups (broad SMARTS) is 2. The Morgan fingerprint density at radius 1 is 1.08 bits per heavy atom. The minimum absolute atomic E-state index is 0.0512. The van der Waals surface area contributed by atoms with E-state index < -0.39 is 30.3 Å². The monoisotopic (exact) mass is 393 g/mol. The molecule has 3 atom stereocenters. The molecule has 0 aromatic heterocycles. The number of carbonyl (C=O) groups is 2. The van der Waals surface area contributed by atoms with Crippen LogP contribution in [-0.4, -0.2) is 66.9 Å². The zero-order valence-electron chi connectivity index (χ0n) is 14.5. The summed E-state index contributed by atoms with van der Waals surface area (Å²) in [6, 6.07) is 4.57. The van der Waals surface area contributed by atoms with Crippen LogP contribution >= 0.6 is 11.6 Å². The van der Waals surface area contributed by atoms with E-state index in [1.54, 1.807) is 6.07 Å². The van der Waals surface area contributed by atoms with Gasteiger partial charge in [0.2, 0.25) is 0 Å². The third kappa shape index (κ3) is 8.97. The molecule has 0 aliphatic carbocycles. The van der Waals surface area contributed by atoms with Crippen molar-refractivity contribution in [1.82, 2.24) is 5.32 Å². The average Bonchev–Trinajstić information content (AvgIpc) is 2.50. The fourth-order valence-electron chi connectivity index (χ4n) is 1.57. The molecule has 9 nitrogen and oxygen atoms in total. The van der Waals surface area contributed by atoms with Gasteiger partial charge in [-0.3, -0.25) is 0 Å². The van der Waals surface area contributed by atoms with Crippen LogP contribution in [0.3, 0.4) is 0 Å². The third-order valence-corrected chi connectivity index (χ3v) is 3.30. The minimum Gasteiger partial charge on any atom is -0.508 e. The Labute approximate surface area is 155 Å². The van der Waals surface area contributed by atoms with Gasteiger partial charge < -0.3 is 36.0 Å². The highest BCUT2D eigenvalue weighted by Gasteiger charge is 2.29. The van der Waals surface area contributed by atoms with Gasteiger partial charge in [0.25, 0.3) is 0 Å². The highest BCUT2D eigenvalue weighted by atomic mass is 35.5. The van der Waals surface area contributed by atoms with Crippen LogP contribution in [0.25, 0.3) is 0 Å². The van der Waals surface area contributed by atoms with Crippen LogP contribution < -0.4 is 5.32 Å². The lowest BCUT2D eigenvalue weighted by Gasteiger charge is -2.23. The van der Waals surface area contributed by atoms with Gasteiger partial charge in [0, 0.05) is 17.6 Å². The van der Waals surface area contributed by atoms with Crippen LogP contribution in [0.15, 0.2) is 18.2 Å². The highest BCUT2D eigenvalue weighted by Crippen LogP contribution is 2.26. The second kappa shape index (κ2) is 10.3. The first-order chi connectivity index (χ1) is 11.8. The second-order valence-electron chi connectivity index (χ2n) is 6.42. The summed E-state index contributed by atoms with van der Waals surface area (Å²) in [6.07, 6.45) is -5.21. The van der Waals surface area contributed by atoms with Gasteiger partial charge in [0.05, 0.1) is 11.1 Å². The number of aliphatic carboxylic acids is 2. The number of carboxylic acids is 2. The normalized spacial score (nSPS) is 14.6. The molecule has 0 fully saturated rings. The molecule has 0 radical (unpaired) electrons. The summed E-state index contributed by atoms with van der Waals surface area (Å²) in [7, 11) is 0. The molecule has 1 rings (SSSR count). The predicted octanol–water partition coefficient (Wildman–Crippen LogP) is 0.344. The molecule has 7 N–H and O–H groups in total. The molecular weight excluding hydrogens is 370 g/mol. The van der Waals surface area contributed by atoms with Gasteiger partial charge in [-0.05, 0) is 32.9 Å². The van der Waals surface area contributed by atoms with E-state index in [2.05, 4.69) is 5.32 Å². The van der Waals surface area contributed by atoms with Crippen molar-refractivity contribution in [1.29, 1.82) is 0 Å². The molecule has 10 heteroatoms. The van der Waals surface area contributed by atoms with Crippen LogP contribution in [0.4, 0.5) is 0 Å². The maximum absolute atomic E-state index is 9.93. The number of halogens is 1. The standard InChI is InChI=1S/C12H18ClNO2.C4H6O6/c1-12(2,3)14-7-11(16)9-5-4-8(15)6-10(9)13;5-1(3(7)8)2(6)4(9)10/h4-6,11,14-16H,7H2,1-3H3;1-2,5-6H,(H,7,8)(H,9,10)/t11-;/m0./s1. The quantitative estimate of drug-likeness (QED) is 0.360. The fraction of sp³-hybridized carbons (Fsp3) is 0.500. The van der Waals surface area contributed by atoms with Crippen LogP contribution in [0.1, 0.15) is 32.4 Å². The van der Waals surface area contributed by atoms with Crippen molar-refractivity contribution in [3.05, 3.63) is 28.8 Å². The molecule has 1 aromatic rings. The number of benzene rings is 1. The summed E-state index contributed by atoms with van der Waals surface area (Å²) >= 11 is 5.93. The van der Waals surface area contributed by atoms with Gasteiger partial charge in [-0.1, -0.05) is 17.7 Å². The number of β-amino-alcohol motifs (C(OH)–C–C–N with tert-alkyl or cyclic N) is 1. The summed E-state index contributed by atoms with van der Waals surface area (Å²) < 4.78 is 0. The zero-order chi connectivity index (χ0) is 20.7. The first-order valence-corrected chi connectivity index (χ1v) is 7.87. The smallest absolute Gasteiger partial charge is 0.335 e. The Hall–Kier alpha value is -1.91. The van der Waals surface area contributed by atoms with E-state index in [0.29, 0.717) is 17.1 Å². The molecule has 148 valence electrons. The first kappa shape index (κ1) is 24.1. The van der Waals surface area contributed by atoms with Crippen molar-refractivity contribution in [2.24, 2.45) is 0 Å². The number of rotatable bonds is 6. The van der Waals surface area contributed by atoms with Crippen molar-refractivity contribution in [3.8, 4) is 5.75 Å². The Morgan fingerprint density at radius 2 is 1.54 bits per heavy atom. The minimum atomic E-state index is -2.27. The maximum Gasteiger partial charge on any atom is 0.335 e. The molecule has 0 bridgehead atoms. The zero-order valence-corrected chi connectivity index (χ0v) is 15.3. The van der Waals surface area contributed by atoms with E-state index in [0.717, 1.165) is 0 Å². The number of hydrogen-bond donors (Lipinski definition) is 7. The number of phenols is 1. The van der Waals surface area contributed by atoms with E-state index in [9.17, 15) is 19.8 Å². The Bertz CT molecular complexity index is 599. The Balaban J connectivity index is 0.000000541. The molecule has 0 aliphatic rings. The largest absolute Gasteiger partial charge is 0.508 e. The lowest BCUT2D eigenvalue weighted by atomic mass is 10.1. The van der Waals surface area contributed by atoms with Crippen molar-refractivity contribution in [3.63, 3.8) is 0 Å². The SMILES string of the molecule is CC(C)(C)NC[C@H](O)c1ccc(O)cc1Cl.O=C(O)C(O)C(O)C(=O)O. The van der Waals surface area contributed by atoms with Crippen LogP contribution in [0, 0.1) is 0 Å². The second-order valence-corrected chi connectivity index (χ2v) is 6.83. The molecule has 0 aliphatic heterocycles.